The van der Waals surface area contributed by atoms with Crippen molar-refractivity contribution in [3.63, 3.8) is 0 Å². The van der Waals surface area contributed by atoms with Crippen LogP contribution >= 0.6 is 12.6 Å². The average molecular weight is 283 g/mol. The average Bonchev–Trinajstić information content (AvgIpc) is 2.27. The van der Waals surface area contributed by atoms with E-state index < -0.39 is 35.1 Å². The summed E-state index contributed by atoms with van der Waals surface area (Å²) in [7, 11) is 0. The summed E-state index contributed by atoms with van der Waals surface area (Å²) in [4.78, 5) is 13.2. The Morgan fingerprint density at radius 1 is 1.39 bits per heavy atom. The number of alkyl halides is 3. The highest BCUT2D eigenvalue weighted by molar-refractivity contribution is 7.80. The molecule has 0 aliphatic rings. The molecule has 0 aromatic carbocycles. The highest BCUT2D eigenvalue weighted by Crippen LogP contribution is 2.29. The predicted octanol–water partition coefficient (Wildman–Crippen LogP) is 1.11. The van der Waals surface area contributed by atoms with Gasteiger partial charge in [0.2, 0.25) is 0 Å². The van der Waals surface area contributed by atoms with Crippen LogP contribution in [-0.2, 0) is 6.18 Å². The fourth-order valence-electron chi connectivity index (χ4n) is 1.38. The number of aliphatic hydroxyl groups excluding tert-OH is 2. The number of H-pyrrole nitrogens is 1. The Bertz CT molecular complexity index is 460. The third-order valence-electron chi connectivity index (χ3n) is 2.37. The summed E-state index contributed by atoms with van der Waals surface area (Å²) < 4.78 is 37.3. The Hall–Kier alpha value is -0.990. The van der Waals surface area contributed by atoms with Gasteiger partial charge in [-0.15, -0.1) is 0 Å². The lowest BCUT2D eigenvalue weighted by Crippen LogP contribution is -2.26. The Kier molecular flexibility index (Phi) is 4.83. The van der Waals surface area contributed by atoms with Crippen molar-refractivity contribution >= 4 is 12.6 Å². The van der Waals surface area contributed by atoms with E-state index in [1.54, 1.807) is 0 Å². The van der Waals surface area contributed by atoms with Gasteiger partial charge < -0.3 is 15.2 Å². The molecular formula is C10H12F3NO3S. The first-order chi connectivity index (χ1) is 8.27. The molecule has 0 saturated heterocycles. The summed E-state index contributed by atoms with van der Waals surface area (Å²) in [6.07, 6.45) is -7.08. The van der Waals surface area contributed by atoms with E-state index in [-0.39, 0.29) is 12.2 Å². The zero-order chi connectivity index (χ0) is 13.9. The first kappa shape index (κ1) is 15.1. The van der Waals surface area contributed by atoms with E-state index >= 15 is 0 Å². The zero-order valence-corrected chi connectivity index (χ0v) is 10.0. The van der Waals surface area contributed by atoms with Crippen LogP contribution in [0.1, 0.15) is 23.7 Å². The minimum absolute atomic E-state index is 0.0555. The van der Waals surface area contributed by atoms with Crippen LogP contribution < -0.4 is 5.56 Å². The van der Waals surface area contributed by atoms with Gasteiger partial charge in [-0.3, -0.25) is 4.79 Å². The second-order valence-corrected chi connectivity index (χ2v) is 4.14. The molecule has 102 valence electrons. The highest BCUT2D eigenvalue weighted by Gasteiger charge is 2.32. The maximum atomic E-state index is 12.4. The van der Waals surface area contributed by atoms with Crippen LogP contribution in [0.3, 0.4) is 0 Å². The van der Waals surface area contributed by atoms with E-state index in [9.17, 15) is 28.2 Å². The van der Waals surface area contributed by atoms with E-state index in [1.807, 2.05) is 4.98 Å². The molecule has 0 aliphatic heterocycles. The number of rotatable bonds is 4. The number of aliphatic hydroxyl groups is 2. The summed E-state index contributed by atoms with van der Waals surface area (Å²) in [6.45, 7) is 0. The fraction of sp³-hybridized carbons (Fsp3) is 0.500. The molecule has 0 fully saturated rings. The fourth-order valence-corrected chi connectivity index (χ4v) is 1.65. The van der Waals surface area contributed by atoms with Crippen molar-refractivity contribution in [1.29, 1.82) is 0 Å². The Morgan fingerprint density at radius 2 is 2.00 bits per heavy atom. The minimum atomic E-state index is -4.63. The quantitative estimate of drug-likeness (QED) is 0.625. The van der Waals surface area contributed by atoms with Gasteiger partial charge >= 0.3 is 6.18 Å². The second kappa shape index (κ2) is 5.77. The van der Waals surface area contributed by atoms with E-state index in [2.05, 4.69) is 12.6 Å². The van der Waals surface area contributed by atoms with Crippen LogP contribution in [-0.4, -0.2) is 27.1 Å². The standard InChI is InChI=1S/C10H12F3NO3S/c11-10(12,13)5-3-6(9(17)14-4-5)8(16)7(15)1-2-18/h3-4,7-8,15-16,18H,1-2H2,(H,14,17). The topological polar surface area (TPSA) is 73.3 Å². The van der Waals surface area contributed by atoms with Gasteiger partial charge in [0.05, 0.1) is 11.7 Å². The van der Waals surface area contributed by atoms with Crippen LogP contribution in [0.4, 0.5) is 13.2 Å². The molecule has 0 saturated carbocycles. The molecular weight excluding hydrogens is 271 g/mol. The predicted molar refractivity (Wildman–Crippen MR) is 61.5 cm³/mol. The SMILES string of the molecule is O=c1[nH]cc(C(F)(F)F)cc1C(O)C(O)CCS. The van der Waals surface area contributed by atoms with Crippen molar-refractivity contribution in [2.24, 2.45) is 0 Å². The molecule has 0 spiro atoms. The van der Waals surface area contributed by atoms with E-state index in [1.165, 1.54) is 0 Å². The number of halogens is 3. The Labute approximate surface area is 106 Å². The van der Waals surface area contributed by atoms with Crippen molar-refractivity contribution in [3.05, 3.63) is 33.7 Å². The first-order valence-electron chi connectivity index (χ1n) is 5.04. The molecule has 1 rings (SSSR count). The number of thiol groups is 1. The zero-order valence-electron chi connectivity index (χ0n) is 9.11. The lowest BCUT2D eigenvalue weighted by molar-refractivity contribution is -0.138. The van der Waals surface area contributed by atoms with Gasteiger partial charge in [0.15, 0.2) is 0 Å². The smallest absolute Gasteiger partial charge is 0.390 e. The number of hydrogen-bond donors (Lipinski definition) is 4. The molecule has 3 N–H and O–H groups in total. The van der Waals surface area contributed by atoms with Crippen molar-refractivity contribution in [2.75, 3.05) is 5.75 Å². The highest BCUT2D eigenvalue weighted by atomic mass is 32.1. The van der Waals surface area contributed by atoms with Gasteiger partial charge in [-0.05, 0) is 18.2 Å². The number of nitrogens with one attached hydrogen (secondary N) is 1. The van der Waals surface area contributed by atoms with Crippen molar-refractivity contribution in [3.8, 4) is 0 Å². The molecule has 0 radical (unpaired) electrons. The molecule has 1 aromatic heterocycles. The minimum Gasteiger partial charge on any atom is -0.390 e. The van der Waals surface area contributed by atoms with Gasteiger partial charge in [-0.25, -0.2) is 0 Å². The monoisotopic (exact) mass is 283 g/mol. The van der Waals surface area contributed by atoms with Crippen LogP contribution in [0.25, 0.3) is 0 Å². The second-order valence-electron chi connectivity index (χ2n) is 3.70. The summed E-state index contributed by atoms with van der Waals surface area (Å²) in [6, 6.07) is 0.533. The molecule has 0 amide bonds. The van der Waals surface area contributed by atoms with Gasteiger partial charge in [-0.2, -0.15) is 25.8 Å². The largest absolute Gasteiger partial charge is 0.417 e. The van der Waals surface area contributed by atoms with E-state index in [0.29, 0.717) is 12.3 Å². The maximum absolute atomic E-state index is 12.4. The normalized spacial score (nSPS) is 15.4. The summed E-state index contributed by atoms with van der Waals surface area (Å²) in [5.41, 5.74) is -2.47. The molecule has 8 heteroatoms. The van der Waals surface area contributed by atoms with E-state index in [4.69, 9.17) is 0 Å². The number of aromatic nitrogens is 1. The number of hydrogen-bond acceptors (Lipinski definition) is 4. The Balaban J connectivity index is 3.12. The third kappa shape index (κ3) is 3.50. The molecule has 18 heavy (non-hydrogen) atoms. The Morgan fingerprint density at radius 3 is 2.50 bits per heavy atom. The number of pyridine rings is 1. The molecule has 0 aliphatic carbocycles. The van der Waals surface area contributed by atoms with Crippen LogP contribution in [0.5, 0.6) is 0 Å². The summed E-state index contributed by atoms with van der Waals surface area (Å²) in [5, 5.41) is 19.1. The molecule has 0 bridgehead atoms. The van der Waals surface area contributed by atoms with Crippen LogP contribution in [0.2, 0.25) is 0 Å². The molecule has 4 nitrogen and oxygen atoms in total. The van der Waals surface area contributed by atoms with Gasteiger partial charge in [0, 0.05) is 11.8 Å². The van der Waals surface area contributed by atoms with Crippen molar-refractivity contribution in [1.82, 2.24) is 4.98 Å². The molecule has 1 heterocycles. The lowest BCUT2D eigenvalue weighted by Gasteiger charge is -2.17. The van der Waals surface area contributed by atoms with Crippen LogP contribution in [0, 0.1) is 0 Å². The van der Waals surface area contributed by atoms with E-state index in [0.717, 1.165) is 0 Å². The van der Waals surface area contributed by atoms with Gasteiger partial charge in [-0.1, -0.05) is 0 Å². The molecule has 1 aromatic rings. The lowest BCUT2D eigenvalue weighted by atomic mass is 10.0. The summed E-state index contributed by atoms with van der Waals surface area (Å²) in [5.74, 6) is 0.231. The van der Waals surface area contributed by atoms with Crippen molar-refractivity contribution in [2.45, 2.75) is 24.8 Å². The van der Waals surface area contributed by atoms with Gasteiger partial charge in [0.25, 0.3) is 5.56 Å². The van der Waals surface area contributed by atoms with Crippen LogP contribution in [0.15, 0.2) is 17.1 Å². The summed E-state index contributed by atoms with van der Waals surface area (Å²) >= 11 is 3.82. The number of aromatic amines is 1. The first-order valence-corrected chi connectivity index (χ1v) is 5.67. The van der Waals surface area contributed by atoms with Gasteiger partial charge in [0.1, 0.15) is 6.10 Å². The van der Waals surface area contributed by atoms with Crippen molar-refractivity contribution < 1.29 is 23.4 Å². The maximum Gasteiger partial charge on any atom is 0.417 e. The molecule has 2 unspecified atom stereocenters. The molecule has 2 atom stereocenters. The third-order valence-corrected chi connectivity index (χ3v) is 2.63.